The summed E-state index contributed by atoms with van der Waals surface area (Å²) in [7, 11) is 4.82. The van der Waals surface area contributed by atoms with Crippen molar-refractivity contribution in [2.45, 2.75) is 13.0 Å². The van der Waals surface area contributed by atoms with E-state index in [1.807, 2.05) is 49.2 Å². The molecule has 0 N–H and O–H groups in total. The van der Waals surface area contributed by atoms with Crippen molar-refractivity contribution in [1.82, 2.24) is 14.5 Å². The first-order valence-corrected chi connectivity index (χ1v) is 7.96. The molecule has 0 radical (unpaired) electrons. The van der Waals surface area contributed by atoms with Crippen molar-refractivity contribution in [2.24, 2.45) is 0 Å². The van der Waals surface area contributed by atoms with Crippen LogP contribution in [0.2, 0.25) is 0 Å². The van der Waals surface area contributed by atoms with E-state index in [-0.39, 0.29) is 0 Å². The average Bonchev–Trinajstić information content (AvgIpc) is 3.14. The first-order valence-electron chi connectivity index (χ1n) is 7.96. The molecule has 0 aliphatic carbocycles. The molecule has 1 aromatic carbocycles. The zero-order valence-electron chi connectivity index (χ0n) is 14.6. The van der Waals surface area contributed by atoms with Gasteiger partial charge < -0.3 is 18.8 Å². The van der Waals surface area contributed by atoms with Crippen LogP contribution in [0.4, 0.5) is 0 Å². The number of hydrogen-bond acceptors (Lipinski definition) is 5. The van der Waals surface area contributed by atoms with Gasteiger partial charge in [0.15, 0.2) is 11.5 Å². The average molecular weight is 339 g/mol. The first kappa shape index (κ1) is 16.8. The number of ether oxygens (including phenoxy) is 3. The predicted octanol–water partition coefficient (Wildman–Crippen LogP) is 3.21. The summed E-state index contributed by atoms with van der Waals surface area (Å²) in [6, 6.07) is 7.91. The van der Waals surface area contributed by atoms with Crippen molar-refractivity contribution in [2.75, 3.05) is 21.3 Å². The minimum Gasteiger partial charge on any atom is -0.493 e. The molecule has 0 spiro atoms. The lowest BCUT2D eigenvalue weighted by Gasteiger charge is -2.15. The summed E-state index contributed by atoms with van der Waals surface area (Å²) in [6.07, 6.45) is 8.19. The van der Waals surface area contributed by atoms with Crippen molar-refractivity contribution < 1.29 is 14.2 Å². The van der Waals surface area contributed by atoms with E-state index in [2.05, 4.69) is 14.5 Å². The molecule has 0 aliphatic heterocycles. The summed E-state index contributed by atoms with van der Waals surface area (Å²) in [6.45, 7) is 0.815. The Bertz CT molecular complexity index is 806. The van der Waals surface area contributed by atoms with Crippen molar-refractivity contribution in [3.63, 3.8) is 0 Å². The van der Waals surface area contributed by atoms with Gasteiger partial charge in [-0.25, -0.2) is 4.98 Å². The topological polar surface area (TPSA) is 58.4 Å². The van der Waals surface area contributed by atoms with Crippen LogP contribution in [-0.2, 0) is 13.0 Å². The number of aromatic nitrogens is 3. The lowest BCUT2D eigenvalue weighted by molar-refractivity contribution is 0.324. The molecule has 0 aliphatic rings. The van der Waals surface area contributed by atoms with Crippen LogP contribution in [0.1, 0.15) is 5.56 Å². The highest BCUT2D eigenvalue weighted by Gasteiger charge is 2.16. The van der Waals surface area contributed by atoms with Gasteiger partial charge in [0.05, 0.1) is 39.5 Å². The zero-order valence-corrected chi connectivity index (χ0v) is 14.6. The third-order valence-corrected chi connectivity index (χ3v) is 4.06. The fraction of sp³-hybridized carbons (Fsp3) is 0.263. The fourth-order valence-corrected chi connectivity index (χ4v) is 2.77. The molecule has 6 nitrogen and oxygen atoms in total. The van der Waals surface area contributed by atoms with Crippen molar-refractivity contribution in [3.8, 4) is 28.5 Å². The molecular weight excluding hydrogens is 318 g/mol. The van der Waals surface area contributed by atoms with Gasteiger partial charge in [-0.15, -0.1) is 0 Å². The Labute approximate surface area is 147 Å². The monoisotopic (exact) mass is 339 g/mol. The highest BCUT2D eigenvalue weighted by Crippen LogP contribution is 2.41. The maximum Gasteiger partial charge on any atom is 0.203 e. The van der Waals surface area contributed by atoms with Crippen LogP contribution < -0.4 is 14.2 Å². The van der Waals surface area contributed by atoms with Gasteiger partial charge in [0.2, 0.25) is 5.75 Å². The lowest BCUT2D eigenvalue weighted by Crippen LogP contribution is -2.03. The predicted molar refractivity (Wildman–Crippen MR) is 95.3 cm³/mol. The largest absolute Gasteiger partial charge is 0.493 e. The fourth-order valence-electron chi connectivity index (χ4n) is 2.77. The van der Waals surface area contributed by atoms with Crippen LogP contribution in [0.5, 0.6) is 17.2 Å². The van der Waals surface area contributed by atoms with Crippen LogP contribution >= 0.6 is 0 Å². The molecule has 0 atom stereocenters. The SMILES string of the molecule is COc1cc(-c2cncn2CCc2ccncc2)cc(OC)c1OC. The van der Waals surface area contributed by atoms with Crippen LogP contribution in [0.15, 0.2) is 49.2 Å². The van der Waals surface area contributed by atoms with E-state index in [0.29, 0.717) is 17.2 Å². The van der Waals surface area contributed by atoms with E-state index in [4.69, 9.17) is 14.2 Å². The number of methoxy groups -OCH3 is 3. The molecule has 25 heavy (non-hydrogen) atoms. The Hall–Kier alpha value is -3.02. The molecule has 0 saturated heterocycles. The minimum atomic E-state index is 0.580. The number of nitrogens with zero attached hydrogens (tertiary/aromatic N) is 3. The quantitative estimate of drug-likeness (QED) is 0.661. The molecule has 3 rings (SSSR count). The van der Waals surface area contributed by atoms with Crippen LogP contribution in [-0.4, -0.2) is 35.9 Å². The Morgan fingerprint density at radius 1 is 0.920 bits per heavy atom. The molecule has 0 saturated carbocycles. The standard InChI is InChI=1S/C19H21N3O3/c1-23-17-10-15(11-18(24-2)19(17)25-3)16-12-21-13-22(16)9-6-14-4-7-20-8-5-14/h4-5,7-8,10-13H,6,9H2,1-3H3. The van der Waals surface area contributed by atoms with Gasteiger partial charge in [0.1, 0.15) is 0 Å². The molecule has 0 amide bonds. The van der Waals surface area contributed by atoms with Crippen LogP contribution in [0, 0.1) is 0 Å². The van der Waals surface area contributed by atoms with E-state index >= 15 is 0 Å². The molecule has 3 aromatic rings. The van der Waals surface area contributed by atoms with Gasteiger partial charge in [-0.05, 0) is 36.2 Å². The lowest BCUT2D eigenvalue weighted by atomic mass is 10.1. The second-order valence-electron chi connectivity index (χ2n) is 5.49. The normalized spacial score (nSPS) is 10.5. The molecule has 6 heteroatoms. The first-order chi connectivity index (χ1) is 12.3. The summed E-state index contributed by atoms with van der Waals surface area (Å²) in [5.41, 5.74) is 3.19. The van der Waals surface area contributed by atoms with Gasteiger partial charge in [-0.2, -0.15) is 0 Å². The number of benzene rings is 1. The number of hydrogen-bond donors (Lipinski definition) is 0. The highest BCUT2D eigenvalue weighted by atomic mass is 16.5. The smallest absolute Gasteiger partial charge is 0.203 e. The van der Waals surface area contributed by atoms with E-state index in [9.17, 15) is 0 Å². The maximum absolute atomic E-state index is 5.44. The van der Waals surface area contributed by atoms with Crippen LogP contribution in [0.25, 0.3) is 11.3 Å². The molecule has 2 aromatic heterocycles. The highest BCUT2D eigenvalue weighted by molar-refractivity contribution is 5.68. The number of imidazole rings is 1. The summed E-state index contributed by atoms with van der Waals surface area (Å²) in [5, 5.41) is 0. The number of aryl methyl sites for hydroxylation is 2. The van der Waals surface area contributed by atoms with Gasteiger partial charge >= 0.3 is 0 Å². The van der Waals surface area contributed by atoms with Crippen molar-refractivity contribution in [1.29, 1.82) is 0 Å². The Kier molecular flexibility index (Phi) is 5.18. The number of pyridine rings is 1. The van der Waals surface area contributed by atoms with Gasteiger partial charge in [0, 0.05) is 24.5 Å². The number of rotatable bonds is 7. The van der Waals surface area contributed by atoms with Gasteiger partial charge in [-0.1, -0.05) is 0 Å². The van der Waals surface area contributed by atoms with E-state index < -0.39 is 0 Å². The summed E-state index contributed by atoms with van der Waals surface area (Å²) < 4.78 is 18.4. The van der Waals surface area contributed by atoms with Crippen LogP contribution in [0.3, 0.4) is 0 Å². The third kappa shape index (κ3) is 3.57. The van der Waals surface area contributed by atoms with E-state index in [1.165, 1.54) is 5.56 Å². The molecule has 2 heterocycles. The zero-order chi connectivity index (χ0) is 17.6. The second-order valence-corrected chi connectivity index (χ2v) is 5.49. The van der Waals surface area contributed by atoms with Gasteiger partial charge in [0.25, 0.3) is 0 Å². The molecule has 0 bridgehead atoms. The Morgan fingerprint density at radius 2 is 1.60 bits per heavy atom. The molecule has 0 unspecified atom stereocenters. The van der Waals surface area contributed by atoms with E-state index in [0.717, 1.165) is 24.2 Å². The summed E-state index contributed by atoms with van der Waals surface area (Å²) in [5.74, 6) is 1.83. The molecular formula is C19H21N3O3. The molecule has 0 fully saturated rings. The maximum atomic E-state index is 5.44. The van der Waals surface area contributed by atoms with E-state index in [1.54, 1.807) is 21.3 Å². The van der Waals surface area contributed by atoms with Gasteiger partial charge in [-0.3, -0.25) is 4.98 Å². The second kappa shape index (κ2) is 7.70. The summed E-state index contributed by atoms with van der Waals surface area (Å²) >= 11 is 0. The van der Waals surface area contributed by atoms with Crippen molar-refractivity contribution >= 4 is 0 Å². The minimum absolute atomic E-state index is 0.580. The Morgan fingerprint density at radius 3 is 2.20 bits per heavy atom. The Balaban J connectivity index is 1.91. The molecule has 130 valence electrons. The van der Waals surface area contributed by atoms with Crippen molar-refractivity contribution in [3.05, 3.63) is 54.7 Å². The third-order valence-electron chi connectivity index (χ3n) is 4.06. The summed E-state index contributed by atoms with van der Waals surface area (Å²) in [4.78, 5) is 8.35.